The zero-order valence-electron chi connectivity index (χ0n) is 22.2. The molecular formula is C30H27FN4O5. The summed E-state index contributed by atoms with van der Waals surface area (Å²) in [6, 6.07) is 19.3. The van der Waals surface area contributed by atoms with Crippen LogP contribution in [0.2, 0.25) is 0 Å². The van der Waals surface area contributed by atoms with E-state index in [1.165, 1.54) is 26.4 Å². The summed E-state index contributed by atoms with van der Waals surface area (Å²) >= 11 is 0. The molecule has 3 N–H and O–H groups in total. The lowest BCUT2D eigenvalue weighted by Gasteiger charge is -2.25. The van der Waals surface area contributed by atoms with Gasteiger partial charge in [0.15, 0.2) is 11.5 Å². The second kappa shape index (κ2) is 11.3. The molecule has 1 aliphatic heterocycles. The number of nitrogens with zero attached hydrogens (tertiary/aromatic N) is 2. The maximum absolute atomic E-state index is 13.3. The average Bonchev–Trinajstić information content (AvgIpc) is 3.39. The summed E-state index contributed by atoms with van der Waals surface area (Å²) < 4.78 is 42.0. The summed E-state index contributed by atoms with van der Waals surface area (Å²) in [4.78, 5) is 0. The van der Waals surface area contributed by atoms with Crippen LogP contribution in [0.15, 0.2) is 72.1 Å². The molecule has 0 saturated carbocycles. The Labute approximate surface area is 230 Å². The smallest absolute Gasteiger partial charge is 0.244 e. The highest BCUT2D eigenvalue weighted by Crippen LogP contribution is 2.49. The SMILES string of the molecule is CCOc1ccc(-c2[nH]nc3c2C(c2cc(OC)c(OCc4ccc(F)cc4)c(OC)c2)C(C#N)=C(N)O3)cc1. The number of aromatic nitrogens is 2. The number of benzene rings is 3. The Bertz CT molecular complexity index is 1570. The molecule has 0 aliphatic carbocycles. The van der Waals surface area contributed by atoms with Gasteiger partial charge in [-0.25, -0.2) is 4.39 Å². The number of allylic oxidation sites excluding steroid dienone is 1. The molecule has 0 fully saturated rings. The molecule has 5 rings (SSSR count). The van der Waals surface area contributed by atoms with E-state index in [2.05, 4.69) is 16.3 Å². The predicted molar refractivity (Wildman–Crippen MR) is 145 cm³/mol. The van der Waals surface area contributed by atoms with E-state index in [1.807, 2.05) is 31.2 Å². The quantitative estimate of drug-likeness (QED) is 0.287. The summed E-state index contributed by atoms with van der Waals surface area (Å²) in [5.41, 5.74) is 9.94. The summed E-state index contributed by atoms with van der Waals surface area (Å²) in [6.45, 7) is 2.63. The number of hydrogen-bond donors (Lipinski definition) is 2. The van der Waals surface area contributed by atoms with Crippen LogP contribution in [0.3, 0.4) is 0 Å². The third-order valence-corrected chi connectivity index (χ3v) is 6.51. The second-order valence-electron chi connectivity index (χ2n) is 8.87. The van der Waals surface area contributed by atoms with E-state index < -0.39 is 5.92 Å². The maximum atomic E-state index is 13.3. The first-order chi connectivity index (χ1) is 19.5. The van der Waals surface area contributed by atoms with Gasteiger partial charge in [-0.05, 0) is 66.6 Å². The summed E-state index contributed by atoms with van der Waals surface area (Å²) in [7, 11) is 3.02. The van der Waals surface area contributed by atoms with Crippen molar-refractivity contribution < 1.29 is 28.1 Å². The van der Waals surface area contributed by atoms with Crippen molar-refractivity contribution in [2.24, 2.45) is 5.73 Å². The molecular weight excluding hydrogens is 515 g/mol. The van der Waals surface area contributed by atoms with E-state index in [4.69, 9.17) is 29.4 Å². The van der Waals surface area contributed by atoms with Crippen molar-refractivity contribution in [3.8, 4) is 46.2 Å². The monoisotopic (exact) mass is 542 g/mol. The number of nitrogens with two attached hydrogens (primary N) is 1. The van der Waals surface area contributed by atoms with E-state index in [-0.39, 0.29) is 29.8 Å². The van der Waals surface area contributed by atoms with Crippen LogP contribution in [-0.4, -0.2) is 31.0 Å². The lowest BCUT2D eigenvalue weighted by Crippen LogP contribution is -2.21. The van der Waals surface area contributed by atoms with Crippen LogP contribution in [-0.2, 0) is 6.61 Å². The van der Waals surface area contributed by atoms with Crippen molar-refractivity contribution >= 4 is 0 Å². The van der Waals surface area contributed by atoms with Crippen LogP contribution < -0.4 is 29.4 Å². The number of hydrogen-bond acceptors (Lipinski definition) is 8. The fraction of sp³-hybridized carbons (Fsp3) is 0.200. The molecule has 1 unspecified atom stereocenters. The van der Waals surface area contributed by atoms with Crippen molar-refractivity contribution in [2.45, 2.75) is 19.4 Å². The van der Waals surface area contributed by atoms with Crippen molar-refractivity contribution in [1.29, 1.82) is 5.26 Å². The lowest BCUT2D eigenvalue weighted by molar-refractivity contribution is 0.265. The molecule has 0 radical (unpaired) electrons. The van der Waals surface area contributed by atoms with E-state index in [0.717, 1.165) is 16.9 Å². The third-order valence-electron chi connectivity index (χ3n) is 6.51. The number of methoxy groups -OCH3 is 2. The Morgan fingerprint density at radius 1 is 1.02 bits per heavy atom. The molecule has 9 nitrogen and oxygen atoms in total. The minimum Gasteiger partial charge on any atom is -0.494 e. The normalized spacial score (nSPS) is 14.1. The molecule has 1 aromatic heterocycles. The first-order valence-electron chi connectivity index (χ1n) is 12.5. The molecule has 3 aromatic carbocycles. The largest absolute Gasteiger partial charge is 0.494 e. The number of nitrogens with one attached hydrogen (secondary N) is 1. The van der Waals surface area contributed by atoms with Gasteiger partial charge in [-0.15, -0.1) is 5.10 Å². The Kier molecular flexibility index (Phi) is 7.46. The predicted octanol–water partition coefficient (Wildman–Crippen LogP) is 5.43. The van der Waals surface area contributed by atoms with Gasteiger partial charge in [0.1, 0.15) is 29.8 Å². The standard InChI is InChI=1S/C30H27FN4O5/c1-4-38-21-11-7-18(8-12-21)27-26-25(22(15-32)29(33)40-30(26)35-34-27)19-13-23(36-2)28(24(14-19)37-3)39-16-17-5-9-20(31)10-6-17/h5-14,25H,4,16,33H2,1-3H3,(H,34,35). The summed E-state index contributed by atoms with van der Waals surface area (Å²) in [6.07, 6.45) is 0. The number of H-pyrrole nitrogens is 1. The first-order valence-corrected chi connectivity index (χ1v) is 12.5. The Hall–Kier alpha value is -5.17. The molecule has 4 aromatic rings. The van der Waals surface area contributed by atoms with Crippen LogP contribution in [0.5, 0.6) is 28.9 Å². The molecule has 0 spiro atoms. The van der Waals surface area contributed by atoms with Gasteiger partial charge in [-0.2, -0.15) is 5.26 Å². The molecule has 0 saturated heterocycles. The topological polar surface area (TPSA) is 125 Å². The van der Waals surface area contributed by atoms with Crippen molar-refractivity contribution in [3.05, 3.63) is 94.6 Å². The number of aromatic amines is 1. The van der Waals surface area contributed by atoms with E-state index in [9.17, 15) is 9.65 Å². The fourth-order valence-electron chi connectivity index (χ4n) is 4.63. The average molecular weight is 543 g/mol. The van der Waals surface area contributed by atoms with Gasteiger partial charge >= 0.3 is 0 Å². The van der Waals surface area contributed by atoms with Crippen molar-refractivity contribution in [2.75, 3.05) is 20.8 Å². The molecule has 1 atom stereocenters. The molecule has 40 heavy (non-hydrogen) atoms. The van der Waals surface area contributed by atoms with Crippen molar-refractivity contribution in [3.63, 3.8) is 0 Å². The zero-order valence-corrected chi connectivity index (χ0v) is 22.2. The van der Waals surface area contributed by atoms with Crippen LogP contribution >= 0.6 is 0 Å². The number of rotatable bonds is 9. The highest BCUT2D eigenvalue weighted by molar-refractivity contribution is 5.72. The minimum atomic E-state index is -0.650. The van der Waals surface area contributed by atoms with Crippen LogP contribution in [0, 0.1) is 17.1 Å². The number of nitriles is 1. The molecule has 2 heterocycles. The third kappa shape index (κ3) is 4.97. The highest BCUT2D eigenvalue weighted by atomic mass is 19.1. The molecule has 10 heteroatoms. The molecule has 0 bridgehead atoms. The first kappa shape index (κ1) is 26.4. The van der Waals surface area contributed by atoms with Crippen LogP contribution in [0.1, 0.15) is 29.5 Å². The lowest BCUT2D eigenvalue weighted by atomic mass is 9.82. The van der Waals surface area contributed by atoms with E-state index in [0.29, 0.717) is 40.7 Å². The number of halogens is 1. The minimum absolute atomic E-state index is 0.0423. The highest BCUT2D eigenvalue weighted by Gasteiger charge is 2.36. The van der Waals surface area contributed by atoms with Gasteiger partial charge in [0.05, 0.1) is 38.0 Å². The number of fused-ring (bicyclic) bond motifs is 1. The Balaban J connectivity index is 1.59. The zero-order chi connectivity index (χ0) is 28.2. The maximum Gasteiger partial charge on any atom is 0.244 e. The van der Waals surface area contributed by atoms with Gasteiger partial charge in [0, 0.05) is 5.56 Å². The van der Waals surface area contributed by atoms with Gasteiger partial charge in [0.2, 0.25) is 17.5 Å². The van der Waals surface area contributed by atoms with Crippen LogP contribution in [0.4, 0.5) is 4.39 Å². The molecule has 204 valence electrons. The fourth-order valence-corrected chi connectivity index (χ4v) is 4.63. The summed E-state index contributed by atoms with van der Waals surface area (Å²) in [5.74, 6) is 1.10. The second-order valence-corrected chi connectivity index (χ2v) is 8.87. The van der Waals surface area contributed by atoms with Crippen LogP contribution in [0.25, 0.3) is 11.3 Å². The number of ether oxygens (including phenoxy) is 5. The Morgan fingerprint density at radius 2 is 1.70 bits per heavy atom. The Morgan fingerprint density at radius 3 is 2.30 bits per heavy atom. The molecule has 0 amide bonds. The van der Waals surface area contributed by atoms with E-state index >= 15 is 0 Å². The van der Waals surface area contributed by atoms with Gasteiger partial charge in [0.25, 0.3) is 0 Å². The summed E-state index contributed by atoms with van der Waals surface area (Å²) in [5, 5.41) is 17.5. The molecule has 1 aliphatic rings. The van der Waals surface area contributed by atoms with E-state index in [1.54, 1.807) is 24.3 Å². The van der Waals surface area contributed by atoms with Gasteiger partial charge in [-0.3, -0.25) is 5.10 Å². The van der Waals surface area contributed by atoms with Gasteiger partial charge < -0.3 is 29.4 Å². The van der Waals surface area contributed by atoms with Crippen molar-refractivity contribution in [1.82, 2.24) is 10.2 Å². The van der Waals surface area contributed by atoms with Gasteiger partial charge in [-0.1, -0.05) is 12.1 Å².